The molecule has 3 aromatic rings. The van der Waals surface area contributed by atoms with E-state index >= 15 is 0 Å². The Morgan fingerprint density at radius 1 is 0.913 bits per heavy atom. The molecule has 0 unspecified atom stereocenters. The first-order valence-electron chi connectivity index (χ1n) is 7.27. The van der Waals surface area contributed by atoms with E-state index in [9.17, 15) is 9.59 Å². The third-order valence-corrected chi connectivity index (χ3v) is 3.44. The molecule has 5 nitrogen and oxygen atoms in total. The van der Waals surface area contributed by atoms with Crippen LogP contribution in [0.25, 0.3) is 0 Å². The number of benzene rings is 2. The molecule has 0 bridgehead atoms. The zero-order chi connectivity index (χ0) is 16.1. The van der Waals surface area contributed by atoms with Crippen molar-refractivity contribution in [2.45, 2.75) is 13.0 Å². The van der Waals surface area contributed by atoms with Gasteiger partial charge in [-0.1, -0.05) is 42.5 Å². The van der Waals surface area contributed by atoms with E-state index < -0.39 is 5.69 Å². The first-order valence-corrected chi connectivity index (χ1v) is 7.27. The third kappa shape index (κ3) is 3.97. The Morgan fingerprint density at radius 3 is 2.48 bits per heavy atom. The lowest BCUT2D eigenvalue weighted by Crippen LogP contribution is -2.24. The van der Waals surface area contributed by atoms with E-state index in [4.69, 9.17) is 4.74 Å². The molecule has 0 spiro atoms. The van der Waals surface area contributed by atoms with E-state index in [0.717, 1.165) is 16.9 Å². The van der Waals surface area contributed by atoms with Gasteiger partial charge in [0.25, 0.3) is 5.56 Å². The van der Waals surface area contributed by atoms with Crippen LogP contribution in [-0.2, 0) is 13.0 Å². The average molecular weight is 308 g/mol. The van der Waals surface area contributed by atoms with Crippen LogP contribution in [0.2, 0.25) is 0 Å². The molecular weight excluding hydrogens is 292 g/mol. The number of nitrogens with one attached hydrogen (secondary N) is 2. The molecule has 0 aliphatic rings. The maximum Gasteiger partial charge on any atom is 0.325 e. The number of aromatic amines is 2. The first kappa shape index (κ1) is 14.8. The molecule has 0 saturated heterocycles. The average Bonchev–Trinajstić information content (AvgIpc) is 2.57. The fourth-order valence-electron chi connectivity index (χ4n) is 2.28. The van der Waals surface area contributed by atoms with Crippen molar-refractivity contribution in [1.29, 1.82) is 0 Å². The van der Waals surface area contributed by atoms with Gasteiger partial charge in [-0.05, 0) is 23.3 Å². The number of H-pyrrole nitrogens is 2. The molecule has 5 heteroatoms. The normalized spacial score (nSPS) is 10.4. The quantitative estimate of drug-likeness (QED) is 0.759. The van der Waals surface area contributed by atoms with Gasteiger partial charge in [-0.25, -0.2) is 4.79 Å². The molecular formula is C18H16N2O3. The highest BCUT2D eigenvalue weighted by Gasteiger charge is 2.04. The highest BCUT2D eigenvalue weighted by atomic mass is 16.5. The van der Waals surface area contributed by atoms with Crippen LogP contribution in [-0.4, -0.2) is 9.97 Å². The minimum Gasteiger partial charge on any atom is -0.489 e. The van der Waals surface area contributed by atoms with Gasteiger partial charge in [0.1, 0.15) is 12.4 Å². The fraction of sp³-hybridized carbons (Fsp3) is 0.111. The summed E-state index contributed by atoms with van der Waals surface area (Å²) in [7, 11) is 0. The number of hydrogen-bond acceptors (Lipinski definition) is 3. The van der Waals surface area contributed by atoms with Crippen molar-refractivity contribution in [3.8, 4) is 5.75 Å². The Bertz CT molecular complexity index is 898. The smallest absolute Gasteiger partial charge is 0.325 e. The Kier molecular flexibility index (Phi) is 4.38. The van der Waals surface area contributed by atoms with Gasteiger partial charge < -0.3 is 9.72 Å². The third-order valence-electron chi connectivity index (χ3n) is 3.44. The molecule has 0 aliphatic carbocycles. The van der Waals surface area contributed by atoms with Crippen molar-refractivity contribution < 1.29 is 4.74 Å². The maximum atomic E-state index is 11.7. The predicted octanol–water partition coefficient (Wildman–Crippen LogP) is 2.23. The van der Waals surface area contributed by atoms with Crippen LogP contribution in [0.15, 0.2) is 70.4 Å². The number of rotatable bonds is 5. The predicted molar refractivity (Wildman–Crippen MR) is 87.7 cm³/mol. The molecule has 3 rings (SSSR count). The van der Waals surface area contributed by atoms with Crippen molar-refractivity contribution in [2.24, 2.45) is 0 Å². The van der Waals surface area contributed by atoms with Gasteiger partial charge in [-0.3, -0.25) is 9.78 Å². The summed E-state index contributed by atoms with van der Waals surface area (Å²) in [5, 5.41) is 0. The summed E-state index contributed by atoms with van der Waals surface area (Å²) in [5.74, 6) is 0.743. The van der Waals surface area contributed by atoms with Gasteiger partial charge in [0, 0.05) is 18.2 Å². The summed E-state index contributed by atoms with van der Waals surface area (Å²) >= 11 is 0. The highest BCUT2D eigenvalue weighted by molar-refractivity contribution is 5.32. The SMILES string of the molecule is O=c1[nH]cc(Cc2cccc(OCc3ccccc3)c2)c(=O)[nH]1. The van der Waals surface area contributed by atoms with Gasteiger partial charge in [0.2, 0.25) is 0 Å². The van der Waals surface area contributed by atoms with Crippen LogP contribution in [0, 0.1) is 0 Å². The summed E-state index contributed by atoms with van der Waals surface area (Å²) in [4.78, 5) is 27.5. The van der Waals surface area contributed by atoms with E-state index in [1.54, 1.807) is 0 Å². The number of hydrogen-bond donors (Lipinski definition) is 2. The van der Waals surface area contributed by atoms with E-state index in [1.807, 2.05) is 54.6 Å². The monoisotopic (exact) mass is 308 g/mol. The van der Waals surface area contributed by atoms with Crippen LogP contribution in [0.4, 0.5) is 0 Å². The molecule has 0 radical (unpaired) electrons. The second kappa shape index (κ2) is 6.79. The summed E-state index contributed by atoms with van der Waals surface area (Å²) in [5.41, 5.74) is 1.66. The van der Waals surface area contributed by atoms with Crippen LogP contribution < -0.4 is 16.0 Å². The lowest BCUT2D eigenvalue weighted by Gasteiger charge is -2.08. The van der Waals surface area contributed by atoms with Crippen LogP contribution in [0.3, 0.4) is 0 Å². The summed E-state index contributed by atoms with van der Waals surface area (Å²) in [6.07, 6.45) is 1.87. The molecule has 1 aromatic heterocycles. The fourth-order valence-corrected chi connectivity index (χ4v) is 2.28. The molecule has 0 amide bonds. The zero-order valence-electron chi connectivity index (χ0n) is 12.4. The number of aromatic nitrogens is 2. The largest absolute Gasteiger partial charge is 0.489 e. The van der Waals surface area contributed by atoms with Gasteiger partial charge in [0.05, 0.1) is 0 Å². The van der Waals surface area contributed by atoms with Crippen LogP contribution in [0.5, 0.6) is 5.75 Å². The van der Waals surface area contributed by atoms with Crippen molar-refractivity contribution in [3.63, 3.8) is 0 Å². The molecule has 0 fully saturated rings. The molecule has 2 N–H and O–H groups in total. The van der Waals surface area contributed by atoms with Crippen molar-refractivity contribution in [3.05, 3.63) is 98.3 Å². The molecule has 116 valence electrons. The van der Waals surface area contributed by atoms with Crippen LogP contribution >= 0.6 is 0 Å². The molecule has 0 saturated carbocycles. The minimum atomic E-state index is -0.501. The Labute approximate surface area is 132 Å². The minimum absolute atomic E-state index is 0.371. The molecule has 0 atom stereocenters. The second-order valence-electron chi connectivity index (χ2n) is 5.20. The lowest BCUT2D eigenvalue weighted by molar-refractivity contribution is 0.306. The van der Waals surface area contributed by atoms with E-state index in [0.29, 0.717) is 18.6 Å². The number of ether oxygens (including phenoxy) is 1. The highest BCUT2D eigenvalue weighted by Crippen LogP contribution is 2.16. The van der Waals surface area contributed by atoms with Gasteiger partial charge in [0.15, 0.2) is 0 Å². The van der Waals surface area contributed by atoms with Crippen molar-refractivity contribution in [2.75, 3.05) is 0 Å². The van der Waals surface area contributed by atoms with Gasteiger partial charge >= 0.3 is 5.69 Å². The van der Waals surface area contributed by atoms with Gasteiger partial charge in [-0.15, -0.1) is 0 Å². The maximum absolute atomic E-state index is 11.7. The molecule has 2 aromatic carbocycles. The van der Waals surface area contributed by atoms with Crippen LogP contribution in [0.1, 0.15) is 16.7 Å². The zero-order valence-corrected chi connectivity index (χ0v) is 12.4. The lowest BCUT2D eigenvalue weighted by atomic mass is 10.1. The first-order chi connectivity index (χ1) is 11.2. The summed E-state index contributed by atoms with van der Waals surface area (Å²) < 4.78 is 5.78. The second-order valence-corrected chi connectivity index (χ2v) is 5.20. The van der Waals surface area contributed by atoms with Crippen molar-refractivity contribution in [1.82, 2.24) is 9.97 Å². The summed E-state index contributed by atoms with van der Waals surface area (Å²) in [6, 6.07) is 17.5. The Morgan fingerprint density at radius 2 is 1.70 bits per heavy atom. The molecule has 23 heavy (non-hydrogen) atoms. The van der Waals surface area contributed by atoms with E-state index in [-0.39, 0.29) is 5.56 Å². The standard InChI is InChI=1S/C18H16N2O3/c21-17-15(11-19-18(22)20-17)9-14-7-4-8-16(10-14)23-12-13-5-2-1-3-6-13/h1-8,10-11H,9,12H2,(H2,19,20,21,22). The van der Waals surface area contributed by atoms with E-state index in [1.165, 1.54) is 6.20 Å². The van der Waals surface area contributed by atoms with E-state index in [2.05, 4.69) is 9.97 Å². The Hall–Kier alpha value is -3.08. The van der Waals surface area contributed by atoms with Gasteiger partial charge in [-0.2, -0.15) is 0 Å². The topological polar surface area (TPSA) is 75.0 Å². The van der Waals surface area contributed by atoms with Crippen molar-refractivity contribution >= 4 is 0 Å². The molecule has 1 heterocycles. The molecule has 0 aliphatic heterocycles. The summed E-state index contributed by atoms with van der Waals surface area (Å²) in [6.45, 7) is 0.490. The Balaban J connectivity index is 1.72.